The number of nitrogens with one attached hydrogen (secondary N) is 1. The van der Waals surface area contributed by atoms with Gasteiger partial charge in [-0.3, -0.25) is 14.5 Å². The summed E-state index contributed by atoms with van der Waals surface area (Å²) < 4.78 is 10.5. The second-order valence-electron chi connectivity index (χ2n) is 8.71. The molecular weight excluding hydrogens is 398 g/mol. The van der Waals surface area contributed by atoms with Crippen LogP contribution in [0.1, 0.15) is 50.4 Å². The van der Waals surface area contributed by atoms with Gasteiger partial charge < -0.3 is 19.7 Å². The average molecular weight is 434 g/mol. The molecule has 0 aromatic heterocycles. The molecule has 0 unspecified atom stereocenters. The van der Waals surface area contributed by atoms with Crippen molar-refractivity contribution in [1.29, 1.82) is 0 Å². The van der Waals surface area contributed by atoms with E-state index in [1.807, 2.05) is 18.2 Å². The normalized spacial score (nSPS) is 16.5. The first kappa shape index (κ1) is 24.7. The van der Waals surface area contributed by atoms with Crippen LogP contribution in [0.4, 0.5) is 4.79 Å². The van der Waals surface area contributed by atoms with Gasteiger partial charge in [-0.1, -0.05) is 18.2 Å². The van der Waals surface area contributed by atoms with Gasteiger partial charge in [-0.2, -0.15) is 0 Å². The van der Waals surface area contributed by atoms with E-state index >= 15 is 0 Å². The van der Waals surface area contributed by atoms with Gasteiger partial charge in [-0.05, 0) is 52.2 Å². The highest BCUT2D eigenvalue weighted by Crippen LogP contribution is 2.18. The van der Waals surface area contributed by atoms with Crippen LogP contribution in [0.25, 0.3) is 0 Å². The Morgan fingerprint density at radius 3 is 2.52 bits per heavy atom. The molecule has 0 aliphatic carbocycles. The van der Waals surface area contributed by atoms with Crippen LogP contribution in [0.15, 0.2) is 30.3 Å². The zero-order valence-electron chi connectivity index (χ0n) is 19.1. The lowest BCUT2D eigenvalue weighted by Crippen LogP contribution is -2.53. The fraction of sp³-hybridized carbons (Fsp3) is 0.609. The van der Waals surface area contributed by atoms with E-state index in [1.54, 1.807) is 44.9 Å². The predicted molar refractivity (Wildman–Crippen MR) is 118 cm³/mol. The minimum Gasteiger partial charge on any atom is -0.444 e. The molecule has 1 aliphatic heterocycles. The molecule has 0 radical (unpaired) electrons. The molecular formula is C23H35N3O5. The Hall–Kier alpha value is -2.61. The van der Waals surface area contributed by atoms with Crippen molar-refractivity contribution in [1.82, 2.24) is 15.1 Å². The Bertz CT molecular complexity index is 732. The summed E-state index contributed by atoms with van der Waals surface area (Å²) in [5.41, 5.74) is -0.0623. The number of nitrogens with zero attached hydrogens (tertiary/aromatic N) is 2. The van der Waals surface area contributed by atoms with Crippen molar-refractivity contribution in [2.45, 2.75) is 51.7 Å². The molecule has 2 rings (SSSR count). The van der Waals surface area contributed by atoms with Gasteiger partial charge in [0.05, 0.1) is 6.61 Å². The lowest BCUT2D eigenvalue weighted by atomic mass is 10.0. The Morgan fingerprint density at radius 2 is 1.87 bits per heavy atom. The summed E-state index contributed by atoms with van der Waals surface area (Å²) in [5.74, 6) is -0.310. The van der Waals surface area contributed by atoms with E-state index in [-0.39, 0.29) is 30.9 Å². The molecule has 1 atom stereocenters. The van der Waals surface area contributed by atoms with E-state index in [0.717, 1.165) is 19.3 Å². The molecule has 1 N–H and O–H groups in total. The summed E-state index contributed by atoms with van der Waals surface area (Å²) in [7, 11) is 1.55. The standard InChI is InChI=1S/C23H35N3O5/c1-23(2,3)31-22(29)25(14-15-30-4)17-20(27)26-13-9-8-12-19(26)16-24-21(28)18-10-6-5-7-11-18/h5-7,10-11,19H,8-9,12-17H2,1-4H3,(H,24,28)/t19-/m0/s1. The third kappa shape index (κ3) is 8.20. The number of hydrogen-bond donors (Lipinski definition) is 1. The Balaban J connectivity index is 1.99. The first-order chi connectivity index (χ1) is 14.7. The van der Waals surface area contributed by atoms with E-state index in [1.165, 1.54) is 4.90 Å². The molecule has 0 saturated carbocycles. The third-order valence-corrected chi connectivity index (χ3v) is 5.02. The van der Waals surface area contributed by atoms with Crippen LogP contribution in [0.2, 0.25) is 0 Å². The number of benzene rings is 1. The topological polar surface area (TPSA) is 88.2 Å². The fourth-order valence-electron chi connectivity index (χ4n) is 3.46. The molecule has 1 aliphatic rings. The second kappa shape index (κ2) is 11.7. The van der Waals surface area contributed by atoms with Gasteiger partial charge in [0.25, 0.3) is 5.91 Å². The van der Waals surface area contributed by atoms with E-state index in [4.69, 9.17) is 9.47 Å². The van der Waals surface area contributed by atoms with Crippen LogP contribution in [-0.2, 0) is 14.3 Å². The minimum atomic E-state index is -0.652. The van der Waals surface area contributed by atoms with Crippen LogP contribution < -0.4 is 5.32 Å². The molecule has 31 heavy (non-hydrogen) atoms. The number of rotatable bonds is 8. The Morgan fingerprint density at radius 1 is 1.16 bits per heavy atom. The zero-order valence-corrected chi connectivity index (χ0v) is 19.1. The van der Waals surface area contributed by atoms with E-state index in [0.29, 0.717) is 25.3 Å². The molecule has 0 spiro atoms. The van der Waals surface area contributed by atoms with Crippen molar-refractivity contribution in [3.8, 4) is 0 Å². The fourth-order valence-corrected chi connectivity index (χ4v) is 3.46. The summed E-state index contributed by atoms with van der Waals surface area (Å²) >= 11 is 0. The van der Waals surface area contributed by atoms with Crippen molar-refractivity contribution in [2.75, 3.05) is 39.9 Å². The van der Waals surface area contributed by atoms with Crippen LogP contribution >= 0.6 is 0 Å². The van der Waals surface area contributed by atoms with Crippen LogP contribution in [0, 0.1) is 0 Å². The minimum absolute atomic E-state index is 0.0819. The van der Waals surface area contributed by atoms with Crippen molar-refractivity contribution < 1.29 is 23.9 Å². The van der Waals surface area contributed by atoms with Gasteiger partial charge in [0.2, 0.25) is 5.91 Å². The second-order valence-corrected chi connectivity index (χ2v) is 8.71. The van der Waals surface area contributed by atoms with E-state index in [9.17, 15) is 14.4 Å². The maximum atomic E-state index is 13.1. The molecule has 3 amide bonds. The third-order valence-electron chi connectivity index (χ3n) is 5.02. The number of piperidine rings is 1. The summed E-state index contributed by atoms with van der Waals surface area (Å²) in [6.45, 7) is 6.85. The first-order valence-electron chi connectivity index (χ1n) is 10.8. The van der Waals surface area contributed by atoms with Crippen molar-refractivity contribution in [2.24, 2.45) is 0 Å². The van der Waals surface area contributed by atoms with Crippen molar-refractivity contribution in [3.05, 3.63) is 35.9 Å². The molecule has 1 heterocycles. The number of amides is 3. The van der Waals surface area contributed by atoms with E-state index in [2.05, 4.69) is 5.32 Å². The zero-order chi connectivity index (χ0) is 22.9. The van der Waals surface area contributed by atoms with Gasteiger partial charge in [0, 0.05) is 38.3 Å². The summed E-state index contributed by atoms with van der Waals surface area (Å²) in [6.07, 6.45) is 2.17. The van der Waals surface area contributed by atoms with E-state index < -0.39 is 11.7 Å². The molecule has 172 valence electrons. The summed E-state index contributed by atoms with van der Waals surface area (Å²) in [5, 5.41) is 2.94. The quantitative estimate of drug-likeness (QED) is 0.681. The Kier molecular flexibility index (Phi) is 9.30. The summed E-state index contributed by atoms with van der Waals surface area (Å²) in [4.78, 5) is 41.2. The number of carbonyl (C=O) groups is 3. The monoisotopic (exact) mass is 433 g/mol. The van der Waals surface area contributed by atoms with Gasteiger partial charge in [0.1, 0.15) is 12.1 Å². The SMILES string of the molecule is COCCN(CC(=O)N1CCCC[C@H]1CNC(=O)c1ccccc1)C(=O)OC(C)(C)C. The lowest BCUT2D eigenvalue weighted by molar-refractivity contribution is -0.136. The molecule has 8 heteroatoms. The van der Waals surface area contributed by atoms with Gasteiger partial charge in [0.15, 0.2) is 0 Å². The van der Waals surface area contributed by atoms with Gasteiger partial charge >= 0.3 is 6.09 Å². The van der Waals surface area contributed by atoms with Crippen molar-refractivity contribution >= 4 is 17.9 Å². The van der Waals surface area contributed by atoms with Gasteiger partial charge in [-0.15, -0.1) is 0 Å². The van der Waals surface area contributed by atoms with Crippen LogP contribution in [-0.4, -0.2) is 79.2 Å². The molecule has 8 nitrogen and oxygen atoms in total. The molecule has 1 aromatic carbocycles. The molecule has 1 fully saturated rings. The highest BCUT2D eigenvalue weighted by atomic mass is 16.6. The molecule has 1 aromatic rings. The molecule has 0 bridgehead atoms. The smallest absolute Gasteiger partial charge is 0.410 e. The maximum Gasteiger partial charge on any atom is 0.410 e. The van der Waals surface area contributed by atoms with Crippen molar-refractivity contribution in [3.63, 3.8) is 0 Å². The number of likely N-dealkylation sites (tertiary alicyclic amines) is 1. The maximum absolute atomic E-state index is 13.1. The van der Waals surface area contributed by atoms with Crippen LogP contribution in [0.5, 0.6) is 0 Å². The highest BCUT2D eigenvalue weighted by Gasteiger charge is 2.30. The number of carbonyl (C=O) groups excluding carboxylic acids is 3. The number of ether oxygens (including phenoxy) is 2. The average Bonchev–Trinajstić information content (AvgIpc) is 2.74. The van der Waals surface area contributed by atoms with Gasteiger partial charge in [-0.25, -0.2) is 4.79 Å². The first-order valence-corrected chi connectivity index (χ1v) is 10.8. The summed E-state index contributed by atoms with van der Waals surface area (Å²) in [6, 6.07) is 8.91. The predicted octanol–water partition coefficient (Wildman–Crippen LogP) is 2.68. The number of methoxy groups -OCH3 is 1. The Labute approximate surface area is 184 Å². The number of hydrogen-bond acceptors (Lipinski definition) is 5. The van der Waals surface area contributed by atoms with Crippen LogP contribution in [0.3, 0.4) is 0 Å². The largest absolute Gasteiger partial charge is 0.444 e. The highest BCUT2D eigenvalue weighted by molar-refractivity contribution is 5.94. The molecule has 1 saturated heterocycles. The lowest BCUT2D eigenvalue weighted by Gasteiger charge is -2.37.